The van der Waals surface area contributed by atoms with Gasteiger partial charge in [-0.1, -0.05) is 0 Å². The van der Waals surface area contributed by atoms with Gasteiger partial charge in [0.25, 0.3) is 0 Å². The first-order chi connectivity index (χ1) is 5.79. The number of aryl methyl sites for hydroxylation is 1. The average molecular weight is 165 g/mol. The Bertz CT molecular complexity index is 316. The fraction of sp³-hybridized carbons (Fsp3) is 0.500. The monoisotopic (exact) mass is 165 g/mol. The van der Waals surface area contributed by atoms with Gasteiger partial charge in [0.15, 0.2) is 0 Å². The van der Waals surface area contributed by atoms with Crippen molar-refractivity contribution in [3.63, 3.8) is 0 Å². The minimum Gasteiger partial charge on any atom is -0.350 e. The van der Waals surface area contributed by atoms with Gasteiger partial charge in [0.05, 0.1) is 11.9 Å². The van der Waals surface area contributed by atoms with Crippen LogP contribution in [0.4, 0.5) is 4.79 Å². The van der Waals surface area contributed by atoms with E-state index in [9.17, 15) is 4.79 Å². The predicted octanol–water partition coefficient (Wildman–Crippen LogP) is 0.689. The zero-order valence-corrected chi connectivity index (χ0v) is 6.79. The molecule has 64 valence electrons. The summed E-state index contributed by atoms with van der Waals surface area (Å²) in [6.07, 6.45) is 6.03. The van der Waals surface area contributed by atoms with E-state index in [1.165, 1.54) is 16.7 Å². The lowest BCUT2D eigenvalue weighted by Gasteiger charge is -2.11. The topological polar surface area (TPSA) is 60.9 Å². The maximum atomic E-state index is 10.9. The summed E-state index contributed by atoms with van der Waals surface area (Å²) in [4.78, 5) is 10.9. The Morgan fingerprint density at radius 1 is 1.50 bits per heavy atom. The highest BCUT2D eigenvalue weighted by atomic mass is 16.2. The normalized spacial score (nSPS) is 15.7. The van der Waals surface area contributed by atoms with E-state index in [0.717, 1.165) is 25.0 Å². The van der Waals surface area contributed by atoms with Gasteiger partial charge in [-0.2, -0.15) is 9.78 Å². The van der Waals surface area contributed by atoms with E-state index in [1.807, 2.05) is 0 Å². The van der Waals surface area contributed by atoms with Crippen molar-refractivity contribution in [2.75, 3.05) is 0 Å². The van der Waals surface area contributed by atoms with Crippen molar-refractivity contribution < 1.29 is 4.79 Å². The molecule has 0 bridgehead atoms. The lowest BCUT2D eigenvalue weighted by molar-refractivity contribution is 0.247. The van der Waals surface area contributed by atoms with E-state index in [2.05, 4.69) is 5.10 Å². The highest BCUT2D eigenvalue weighted by Gasteiger charge is 2.16. The molecule has 0 atom stereocenters. The molecule has 1 heterocycles. The molecule has 12 heavy (non-hydrogen) atoms. The fourth-order valence-electron chi connectivity index (χ4n) is 1.68. The number of hydrogen-bond donors (Lipinski definition) is 1. The van der Waals surface area contributed by atoms with Crippen LogP contribution in [0.2, 0.25) is 0 Å². The van der Waals surface area contributed by atoms with Crippen LogP contribution >= 0.6 is 0 Å². The summed E-state index contributed by atoms with van der Waals surface area (Å²) in [7, 11) is 0. The summed E-state index contributed by atoms with van der Waals surface area (Å²) in [5.41, 5.74) is 7.33. The van der Waals surface area contributed by atoms with Crippen molar-refractivity contribution >= 4 is 6.03 Å². The number of carbonyl (C=O) groups is 1. The number of aromatic nitrogens is 2. The molecule has 4 nitrogen and oxygen atoms in total. The van der Waals surface area contributed by atoms with E-state index < -0.39 is 6.03 Å². The van der Waals surface area contributed by atoms with Gasteiger partial charge < -0.3 is 5.73 Å². The van der Waals surface area contributed by atoms with Crippen LogP contribution in [0.15, 0.2) is 6.20 Å². The molecule has 1 aliphatic rings. The van der Waals surface area contributed by atoms with Gasteiger partial charge >= 0.3 is 6.03 Å². The molecule has 2 N–H and O–H groups in total. The van der Waals surface area contributed by atoms with Crippen LogP contribution in [0.3, 0.4) is 0 Å². The molecule has 1 amide bonds. The lowest BCUT2D eigenvalue weighted by Crippen LogP contribution is -2.24. The van der Waals surface area contributed by atoms with E-state index in [-0.39, 0.29) is 0 Å². The third kappa shape index (κ3) is 0.995. The Morgan fingerprint density at radius 3 is 3.00 bits per heavy atom. The van der Waals surface area contributed by atoms with Gasteiger partial charge in [0, 0.05) is 0 Å². The third-order valence-corrected chi connectivity index (χ3v) is 2.27. The van der Waals surface area contributed by atoms with E-state index in [0.29, 0.717) is 0 Å². The number of fused-ring (bicyclic) bond motifs is 1. The summed E-state index contributed by atoms with van der Waals surface area (Å²) in [5, 5.41) is 3.94. The smallest absolute Gasteiger partial charge is 0.339 e. The SMILES string of the molecule is NC(=O)n1ncc2c1CCCC2. The summed E-state index contributed by atoms with van der Waals surface area (Å²) in [6, 6.07) is -0.474. The highest BCUT2D eigenvalue weighted by molar-refractivity contribution is 5.74. The number of rotatable bonds is 0. The van der Waals surface area contributed by atoms with Crippen LogP contribution in [-0.2, 0) is 12.8 Å². The second kappa shape index (κ2) is 2.62. The van der Waals surface area contributed by atoms with Gasteiger partial charge in [-0.3, -0.25) is 0 Å². The first kappa shape index (κ1) is 7.34. The van der Waals surface area contributed by atoms with E-state index in [4.69, 9.17) is 5.73 Å². The average Bonchev–Trinajstić information content (AvgIpc) is 2.47. The number of nitrogens with zero attached hydrogens (tertiary/aromatic N) is 2. The largest absolute Gasteiger partial charge is 0.350 e. The van der Waals surface area contributed by atoms with Gasteiger partial charge in [-0.25, -0.2) is 4.79 Å². The van der Waals surface area contributed by atoms with Crippen molar-refractivity contribution in [1.29, 1.82) is 0 Å². The van der Waals surface area contributed by atoms with Gasteiger partial charge in [-0.15, -0.1) is 0 Å². The zero-order chi connectivity index (χ0) is 8.55. The molecule has 0 radical (unpaired) electrons. The van der Waals surface area contributed by atoms with Crippen LogP contribution < -0.4 is 5.73 Å². The minimum absolute atomic E-state index is 0.474. The summed E-state index contributed by atoms with van der Waals surface area (Å²) in [5.74, 6) is 0. The molecule has 0 saturated carbocycles. The maximum Gasteiger partial charge on any atom is 0.339 e. The molecule has 0 aromatic carbocycles. The highest BCUT2D eigenvalue weighted by Crippen LogP contribution is 2.19. The van der Waals surface area contributed by atoms with Gasteiger partial charge in [0.2, 0.25) is 0 Å². The Morgan fingerprint density at radius 2 is 2.25 bits per heavy atom. The first-order valence-electron chi connectivity index (χ1n) is 4.14. The molecule has 0 spiro atoms. The molecular formula is C8H11N3O. The van der Waals surface area contributed by atoms with E-state index in [1.54, 1.807) is 6.20 Å². The summed E-state index contributed by atoms with van der Waals surface area (Å²) in [6.45, 7) is 0. The Labute approximate surface area is 70.4 Å². The first-order valence-corrected chi connectivity index (χ1v) is 4.14. The van der Waals surface area contributed by atoms with Crippen LogP contribution in [0.1, 0.15) is 24.1 Å². The van der Waals surface area contributed by atoms with Crippen molar-refractivity contribution in [3.8, 4) is 0 Å². The van der Waals surface area contributed by atoms with Crippen molar-refractivity contribution in [3.05, 3.63) is 17.5 Å². The minimum atomic E-state index is -0.474. The Hall–Kier alpha value is -1.32. The predicted molar refractivity (Wildman–Crippen MR) is 43.9 cm³/mol. The molecule has 1 aromatic rings. The number of hydrogen-bond acceptors (Lipinski definition) is 2. The molecular weight excluding hydrogens is 154 g/mol. The standard InChI is InChI=1S/C8H11N3O/c9-8(12)11-7-4-2-1-3-6(7)5-10-11/h5H,1-4H2,(H2,9,12). The number of amides is 1. The summed E-state index contributed by atoms with van der Waals surface area (Å²) >= 11 is 0. The van der Waals surface area contributed by atoms with Crippen molar-refractivity contribution in [2.45, 2.75) is 25.7 Å². The number of nitrogens with two attached hydrogens (primary N) is 1. The lowest BCUT2D eigenvalue weighted by atomic mass is 9.98. The van der Waals surface area contributed by atoms with Crippen LogP contribution in [-0.4, -0.2) is 15.8 Å². The molecule has 0 saturated heterocycles. The molecule has 0 unspecified atom stereocenters. The molecule has 0 aliphatic heterocycles. The van der Waals surface area contributed by atoms with Crippen molar-refractivity contribution in [2.24, 2.45) is 5.73 Å². The van der Waals surface area contributed by atoms with E-state index >= 15 is 0 Å². The second-order valence-electron chi connectivity index (χ2n) is 3.07. The van der Waals surface area contributed by atoms with Gasteiger partial charge in [0.1, 0.15) is 0 Å². The maximum absolute atomic E-state index is 10.9. The molecule has 1 aromatic heterocycles. The summed E-state index contributed by atoms with van der Waals surface area (Å²) < 4.78 is 1.31. The van der Waals surface area contributed by atoms with Crippen molar-refractivity contribution in [1.82, 2.24) is 9.78 Å². The quantitative estimate of drug-likeness (QED) is 0.614. The van der Waals surface area contributed by atoms with Crippen LogP contribution in [0, 0.1) is 0 Å². The van der Waals surface area contributed by atoms with Crippen LogP contribution in [0.5, 0.6) is 0 Å². The number of primary amides is 1. The zero-order valence-electron chi connectivity index (χ0n) is 6.79. The van der Waals surface area contributed by atoms with Crippen LogP contribution in [0.25, 0.3) is 0 Å². The van der Waals surface area contributed by atoms with Gasteiger partial charge in [-0.05, 0) is 31.2 Å². The molecule has 2 rings (SSSR count). The fourth-order valence-corrected chi connectivity index (χ4v) is 1.68. The molecule has 0 fully saturated rings. The Balaban J connectivity index is 2.44. The molecule has 1 aliphatic carbocycles. The molecule has 4 heteroatoms. The second-order valence-corrected chi connectivity index (χ2v) is 3.07. The number of carbonyl (C=O) groups excluding carboxylic acids is 1. The Kier molecular flexibility index (Phi) is 1.60. The third-order valence-electron chi connectivity index (χ3n) is 2.27.